The molecule has 2 rings (SSSR count). The van der Waals surface area contributed by atoms with Crippen LogP contribution >= 0.6 is 0 Å². The topological polar surface area (TPSA) is 26.0 Å². The smallest absolute Gasteiger partial charge is 0.126 e. The molecule has 1 aromatic rings. The van der Waals surface area contributed by atoms with Crippen molar-refractivity contribution in [3.8, 4) is 0 Å². The Morgan fingerprint density at radius 1 is 1.13 bits per heavy atom. The van der Waals surface area contributed by atoms with Crippen molar-refractivity contribution < 1.29 is 8.78 Å². The van der Waals surface area contributed by atoms with Crippen LogP contribution in [0.2, 0.25) is 0 Å². The molecule has 80 valence electrons. The monoisotopic (exact) mass is 209 g/mol. The number of rotatable bonds is 1. The summed E-state index contributed by atoms with van der Waals surface area (Å²) in [5, 5.41) is 0. The van der Waals surface area contributed by atoms with Crippen LogP contribution in [0, 0.1) is 11.6 Å². The molecule has 0 saturated heterocycles. The maximum Gasteiger partial charge on any atom is 0.126 e. The average molecular weight is 209 g/mol. The highest BCUT2D eigenvalue weighted by atomic mass is 19.1. The molecule has 0 heterocycles. The van der Waals surface area contributed by atoms with E-state index in [1.807, 2.05) is 6.08 Å². The first-order valence-electron chi connectivity index (χ1n) is 5.06. The quantitative estimate of drug-likeness (QED) is 0.756. The van der Waals surface area contributed by atoms with Gasteiger partial charge >= 0.3 is 0 Å². The Hall–Kier alpha value is -1.22. The maximum atomic E-state index is 13.0. The van der Waals surface area contributed by atoms with Gasteiger partial charge in [-0.05, 0) is 42.5 Å². The zero-order valence-corrected chi connectivity index (χ0v) is 8.34. The largest absolute Gasteiger partial charge is 0.327 e. The van der Waals surface area contributed by atoms with Crippen LogP contribution in [0.5, 0.6) is 0 Å². The Balaban J connectivity index is 2.29. The SMILES string of the molecule is NC1CC=C(c2cc(F)cc(F)c2)CC1. The molecular weight excluding hydrogens is 196 g/mol. The molecule has 0 aliphatic heterocycles. The lowest BCUT2D eigenvalue weighted by Crippen LogP contribution is -2.21. The van der Waals surface area contributed by atoms with Crippen LogP contribution in [0.15, 0.2) is 24.3 Å². The molecule has 0 radical (unpaired) electrons. The fraction of sp³-hybridized carbons (Fsp3) is 0.333. The Morgan fingerprint density at radius 2 is 1.80 bits per heavy atom. The highest BCUT2D eigenvalue weighted by molar-refractivity contribution is 5.66. The van der Waals surface area contributed by atoms with Gasteiger partial charge in [-0.3, -0.25) is 0 Å². The standard InChI is InChI=1S/C12H13F2N/c13-10-5-9(6-11(14)7-10)8-1-3-12(15)4-2-8/h1,5-7,12H,2-4,15H2. The summed E-state index contributed by atoms with van der Waals surface area (Å²) in [5.74, 6) is -1.05. The Bertz CT molecular complexity index is 378. The van der Waals surface area contributed by atoms with Gasteiger partial charge in [0.25, 0.3) is 0 Å². The molecule has 1 aromatic carbocycles. The molecule has 0 fully saturated rings. The van der Waals surface area contributed by atoms with E-state index in [1.54, 1.807) is 0 Å². The van der Waals surface area contributed by atoms with Gasteiger partial charge < -0.3 is 5.73 Å². The number of halogens is 2. The fourth-order valence-corrected chi connectivity index (χ4v) is 1.86. The lowest BCUT2D eigenvalue weighted by molar-refractivity contribution is 0.580. The molecule has 1 unspecified atom stereocenters. The summed E-state index contributed by atoms with van der Waals surface area (Å²) in [6.07, 6.45) is 4.43. The van der Waals surface area contributed by atoms with Crippen LogP contribution in [0.3, 0.4) is 0 Å². The van der Waals surface area contributed by atoms with Gasteiger partial charge in [0.1, 0.15) is 11.6 Å². The summed E-state index contributed by atoms with van der Waals surface area (Å²) in [5.41, 5.74) is 7.38. The summed E-state index contributed by atoms with van der Waals surface area (Å²) in [7, 11) is 0. The van der Waals surface area contributed by atoms with Crippen molar-refractivity contribution in [3.63, 3.8) is 0 Å². The number of hydrogen-bond acceptors (Lipinski definition) is 1. The minimum atomic E-state index is -0.527. The lowest BCUT2D eigenvalue weighted by atomic mass is 9.91. The van der Waals surface area contributed by atoms with Gasteiger partial charge in [-0.25, -0.2) is 8.78 Å². The molecule has 3 heteroatoms. The average Bonchev–Trinajstić information content (AvgIpc) is 2.17. The Morgan fingerprint density at radius 3 is 2.33 bits per heavy atom. The van der Waals surface area contributed by atoms with Crippen molar-refractivity contribution in [2.75, 3.05) is 0 Å². The molecule has 1 aliphatic carbocycles. The Labute approximate surface area is 87.6 Å². The van der Waals surface area contributed by atoms with Gasteiger partial charge in [-0.15, -0.1) is 0 Å². The van der Waals surface area contributed by atoms with E-state index in [9.17, 15) is 8.78 Å². The summed E-state index contributed by atoms with van der Waals surface area (Å²) >= 11 is 0. The van der Waals surface area contributed by atoms with Gasteiger partial charge in [0.2, 0.25) is 0 Å². The molecule has 0 amide bonds. The van der Waals surface area contributed by atoms with E-state index >= 15 is 0 Å². The maximum absolute atomic E-state index is 13.0. The molecule has 1 atom stereocenters. The predicted octanol–water partition coefficient (Wildman–Crippen LogP) is 2.86. The normalized spacial score (nSPS) is 21.3. The summed E-state index contributed by atoms with van der Waals surface area (Å²) in [6, 6.07) is 3.81. The van der Waals surface area contributed by atoms with Crippen molar-refractivity contribution in [2.45, 2.75) is 25.3 Å². The third-order valence-electron chi connectivity index (χ3n) is 2.68. The van der Waals surface area contributed by atoms with E-state index in [0.717, 1.165) is 30.9 Å². The van der Waals surface area contributed by atoms with Crippen molar-refractivity contribution in [3.05, 3.63) is 41.5 Å². The number of nitrogens with two attached hydrogens (primary N) is 1. The zero-order chi connectivity index (χ0) is 10.8. The predicted molar refractivity (Wildman–Crippen MR) is 56.2 cm³/mol. The molecule has 0 bridgehead atoms. The number of benzene rings is 1. The molecular formula is C12H13F2N. The van der Waals surface area contributed by atoms with E-state index in [0.29, 0.717) is 5.56 Å². The molecule has 0 spiro atoms. The van der Waals surface area contributed by atoms with Crippen LogP contribution in [0.25, 0.3) is 5.57 Å². The second-order valence-electron chi connectivity index (χ2n) is 3.92. The number of hydrogen-bond donors (Lipinski definition) is 1. The van der Waals surface area contributed by atoms with E-state index in [1.165, 1.54) is 12.1 Å². The van der Waals surface area contributed by atoms with E-state index < -0.39 is 11.6 Å². The molecule has 0 aromatic heterocycles. The van der Waals surface area contributed by atoms with Gasteiger partial charge in [-0.2, -0.15) is 0 Å². The molecule has 15 heavy (non-hydrogen) atoms. The zero-order valence-electron chi connectivity index (χ0n) is 8.34. The molecule has 1 aliphatic rings. The summed E-state index contributed by atoms with van der Waals surface area (Å²) in [4.78, 5) is 0. The second kappa shape index (κ2) is 4.11. The van der Waals surface area contributed by atoms with Gasteiger partial charge in [0.15, 0.2) is 0 Å². The van der Waals surface area contributed by atoms with Crippen molar-refractivity contribution in [1.82, 2.24) is 0 Å². The minimum Gasteiger partial charge on any atom is -0.327 e. The molecule has 0 saturated carbocycles. The van der Waals surface area contributed by atoms with Gasteiger partial charge in [0, 0.05) is 12.1 Å². The van der Waals surface area contributed by atoms with Crippen LogP contribution < -0.4 is 5.73 Å². The summed E-state index contributed by atoms with van der Waals surface area (Å²) in [6.45, 7) is 0. The third-order valence-corrected chi connectivity index (χ3v) is 2.68. The minimum absolute atomic E-state index is 0.187. The molecule has 1 nitrogen and oxygen atoms in total. The van der Waals surface area contributed by atoms with E-state index in [2.05, 4.69) is 0 Å². The summed E-state index contributed by atoms with van der Waals surface area (Å²) < 4.78 is 25.9. The first-order valence-corrected chi connectivity index (χ1v) is 5.06. The van der Waals surface area contributed by atoms with Crippen LogP contribution in [0.4, 0.5) is 8.78 Å². The Kier molecular flexibility index (Phi) is 2.82. The molecule has 2 N–H and O–H groups in total. The van der Waals surface area contributed by atoms with Crippen molar-refractivity contribution >= 4 is 5.57 Å². The van der Waals surface area contributed by atoms with Crippen LogP contribution in [-0.4, -0.2) is 6.04 Å². The lowest BCUT2D eigenvalue weighted by Gasteiger charge is -2.18. The second-order valence-corrected chi connectivity index (χ2v) is 3.92. The van der Waals surface area contributed by atoms with Crippen LogP contribution in [-0.2, 0) is 0 Å². The van der Waals surface area contributed by atoms with E-state index in [-0.39, 0.29) is 6.04 Å². The first-order chi connectivity index (χ1) is 7.15. The fourth-order valence-electron chi connectivity index (χ4n) is 1.86. The van der Waals surface area contributed by atoms with Crippen molar-refractivity contribution in [2.24, 2.45) is 5.73 Å². The van der Waals surface area contributed by atoms with Crippen molar-refractivity contribution in [1.29, 1.82) is 0 Å². The highest BCUT2D eigenvalue weighted by Crippen LogP contribution is 2.27. The van der Waals surface area contributed by atoms with E-state index in [4.69, 9.17) is 5.73 Å². The highest BCUT2D eigenvalue weighted by Gasteiger charge is 2.12. The van der Waals surface area contributed by atoms with Gasteiger partial charge in [-0.1, -0.05) is 6.08 Å². The van der Waals surface area contributed by atoms with Gasteiger partial charge in [0.05, 0.1) is 0 Å². The first kappa shape index (κ1) is 10.3. The number of allylic oxidation sites excluding steroid dienone is 1. The van der Waals surface area contributed by atoms with Crippen LogP contribution in [0.1, 0.15) is 24.8 Å². The third kappa shape index (κ3) is 2.42.